The number of aliphatic carboxylic acids is 1. The number of carbonyl (C=O) groups is 2. The minimum Gasteiger partial charge on any atom is -0.497 e. The Morgan fingerprint density at radius 1 is 1.36 bits per heavy atom. The van der Waals surface area contributed by atoms with Gasteiger partial charge in [-0.05, 0) is 37.5 Å². The molecule has 1 fully saturated rings. The molecule has 5 heteroatoms. The van der Waals surface area contributed by atoms with Crippen molar-refractivity contribution in [2.45, 2.75) is 38.6 Å². The SMILES string of the molecule is COc1cccc(C(C)C(=O)N(CC(C)C(=O)O)C2CC2)c1. The van der Waals surface area contributed by atoms with Crippen molar-refractivity contribution in [2.75, 3.05) is 13.7 Å². The zero-order valence-corrected chi connectivity index (χ0v) is 13.3. The van der Waals surface area contributed by atoms with E-state index in [0.29, 0.717) is 5.75 Å². The average Bonchev–Trinajstić information content (AvgIpc) is 3.35. The molecule has 0 radical (unpaired) electrons. The normalized spacial score (nSPS) is 16.7. The summed E-state index contributed by atoms with van der Waals surface area (Å²) in [4.78, 5) is 25.6. The summed E-state index contributed by atoms with van der Waals surface area (Å²) in [6.07, 6.45) is 1.92. The van der Waals surface area contributed by atoms with E-state index in [1.165, 1.54) is 0 Å². The Labute approximate surface area is 130 Å². The number of nitrogens with zero attached hydrogens (tertiary/aromatic N) is 1. The zero-order chi connectivity index (χ0) is 16.3. The summed E-state index contributed by atoms with van der Waals surface area (Å²) in [6, 6.07) is 7.65. The second-order valence-electron chi connectivity index (χ2n) is 5.96. The van der Waals surface area contributed by atoms with E-state index < -0.39 is 11.9 Å². The lowest BCUT2D eigenvalue weighted by Gasteiger charge is -2.27. The number of carboxylic acid groups (broad SMARTS) is 1. The van der Waals surface area contributed by atoms with Crippen molar-refractivity contribution in [3.63, 3.8) is 0 Å². The maximum absolute atomic E-state index is 12.8. The first-order valence-electron chi connectivity index (χ1n) is 7.61. The molecule has 0 aliphatic heterocycles. The number of hydrogen-bond donors (Lipinski definition) is 1. The summed E-state index contributed by atoms with van der Waals surface area (Å²) in [7, 11) is 1.59. The topological polar surface area (TPSA) is 66.8 Å². The molecule has 0 bridgehead atoms. The molecule has 1 amide bonds. The van der Waals surface area contributed by atoms with Crippen LogP contribution in [0.5, 0.6) is 5.75 Å². The van der Waals surface area contributed by atoms with Gasteiger partial charge in [0.2, 0.25) is 5.91 Å². The molecule has 1 saturated carbocycles. The van der Waals surface area contributed by atoms with Crippen molar-refractivity contribution < 1.29 is 19.4 Å². The number of carbonyl (C=O) groups excluding carboxylic acids is 1. The molecular weight excluding hydrogens is 282 g/mol. The zero-order valence-electron chi connectivity index (χ0n) is 13.3. The van der Waals surface area contributed by atoms with Crippen LogP contribution in [0.2, 0.25) is 0 Å². The monoisotopic (exact) mass is 305 g/mol. The van der Waals surface area contributed by atoms with E-state index in [1.807, 2.05) is 31.2 Å². The molecule has 1 N–H and O–H groups in total. The van der Waals surface area contributed by atoms with Gasteiger partial charge >= 0.3 is 5.97 Å². The van der Waals surface area contributed by atoms with Crippen molar-refractivity contribution in [2.24, 2.45) is 5.92 Å². The molecule has 2 rings (SSSR count). The average molecular weight is 305 g/mol. The van der Waals surface area contributed by atoms with E-state index in [-0.39, 0.29) is 24.4 Å². The van der Waals surface area contributed by atoms with Gasteiger partial charge in [0.1, 0.15) is 5.75 Å². The maximum Gasteiger partial charge on any atom is 0.308 e. The summed E-state index contributed by atoms with van der Waals surface area (Å²) in [5.74, 6) is -1.02. The molecule has 1 aromatic rings. The van der Waals surface area contributed by atoms with Gasteiger partial charge in [0, 0.05) is 12.6 Å². The van der Waals surface area contributed by atoms with E-state index in [4.69, 9.17) is 9.84 Å². The molecule has 22 heavy (non-hydrogen) atoms. The molecule has 5 nitrogen and oxygen atoms in total. The largest absolute Gasteiger partial charge is 0.497 e. The van der Waals surface area contributed by atoms with Crippen molar-refractivity contribution in [1.82, 2.24) is 4.90 Å². The third kappa shape index (κ3) is 3.78. The van der Waals surface area contributed by atoms with E-state index in [2.05, 4.69) is 0 Å². The van der Waals surface area contributed by atoms with Crippen LogP contribution in [0.1, 0.15) is 38.2 Å². The number of amides is 1. The summed E-state index contributed by atoms with van der Waals surface area (Å²) in [6.45, 7) is 3.77. The molecule has 1 aliphatic rings. The van der Waals surface area contributed by atoms with Gasteiger partial charge < -0.3 is 14.7 Å². The highest BCUT2D eigenvalue weighted by molar-refractivity contribution is 5.84. The fourth-order valence-corrected chi connectivity index (χ4v) is 2.48. The van der Waals surface area contributed by atoms with E-state index in [9.17, 15) is 9.59 Å². The molecular formula is C17H23NO4. The third-order valence-corrected chi connectivity index (χ3v) is 4.13. The van der Waals surface area contributed by atoms with Crippen LogP contribution in [0.25, 0.3) is 0 Å². The molecule has 2 unspecified atom stereocenters. The van der Waals surface area contributed by atoms with Gasteiger partial charge in [0.15, 0.2) is 0 Å². The van der Waals surface area contributed by atoms with Gasteiger partial charge in [0.05, 0.1) is 18.9 Å². The van der Waals surface area contributed by atoms with Crippen molar-refractivity contribution in [3.8, 4) is 5.75 Å². The highest BCUT2D eigenvalue weighted by Gasteiger charge is 2.36. The van der Waals surface area contributed by atoms with E-state index in [1.54, 1.807) is 18.9 Å². The summed E-state index contributed by atoms with van der Waals surface area (Å²) in [5.41, 5.74) is 0.887. The second-order valence-corrected chi connectivity index (χ2v) is 5.96. The lowest BCUT2D eigenvalue weighted by atomic mass is 9.98. The first kappa shape index (κ1) is 16.3. The molecule has 0 saturated heterocycles. The number of hydrogen-bond acceptors (Lipinski definition) is 3. The van der Waals surface area contributed by atoms with Gasteiger partial charge in [-0.3, -0.25) is 9.59 Å². The Bertz CT molecular complexity index is 553. The third-order valence-electron chi connectivity index (χ3n) is 4.13. The van der Waals surface area contributed by atoms with E-state index >= 15 is 0 Å². The molecule has 1 aliphatic carbocycles. The van der Waals surface area contributed by atoms with Crippen LogP contribution < -0.4 is 4.74 Å². The van der Waals surface area contributed by atoms with Gasteiger partial charge in [-0.15, -0.1) is 0 Å². The summed E-state index contributed by atoms with van der Waals surface area (Å²) in [5, 5.41) is 9.08. The quantitative estimate of drug-likeness (QED) is 0.840. The smallest absolute Gasteiger partial charge is 0.308 e. The minimum absolute atomic E-state index is 0.0103. The fourth-order valence-electron chi connectivity index (χ4n) is 2.48. The number of benzene rings is 1. The molecule has 0 spiro atoms. The Morgan fingerprint density at radius 3 is 2.59 bits per heavy atom. The van der Waals surface area contributed by atoms with Crippen LogP contribution in [-0.2, 0) is 9.59 Å². The Morgan fingerprint density at radius 2 is 2.05 bits per heavy atom. The molecule has 0 heterocycles. The first-order chi connectivity index (χ1) is 10.4. The predicted octanol–water partition coefficient (Wildman–Crippen LogP) is 2.51. The number of ether oxygens (including phenoxy) is 1. The highest BCUT2D eigenvalue weighted by Crippen LogP contribution is 2.31. The predicted molar refractivity (Wildman–Crippen MR) is 82.9 cm³/mol. The van der Waals surface area contributed by atoms with Gasteiger partial charge in [-0.2, -0.15) is 0 Å². The van der Waals surface area contributed by atoms with Gasteiger partial charge in [-0.25, -0.2) is 0 Å². The number of methoxy groups -OCH3 is 1. The standard InChI is InChI=1S/C17H23NO4/c1-11(17(20)21)10-18(14-7-8-14)16(19)12(2)13-5-4-6-15(9-13)22-3/h4-6,9,11-12,14H,7-8,10H2,1-3H3,(H,20,21). The minimum atomic E-state index is -0.868. The molecule has 1 aromatic carbocycles. The van der Waals surface area contributed by atoms with Crippen molar-refractivity contribution in [3.05, 3.63) is 29.8 Å². The Hall–Kier alpha value is -2.04. The van der Waals surface area contributed by atoms with Crippen LogP contribution in [0.15, 0.2) is 24.3 Å². The summed E-state index contributed by atoms with van der Waals surface area (Å²) >= 11 is 0. The summed E-state index contributed by atoms with van der Waals surface area (Å²) < 4.78 is 5.20. The van der Waals surface area contributed by atoms with Crippen LogP contribution in [-0.4, -0.2) is 41.6 Å². The Balaban J connectivity index is 2.13. The van der Waals surface area contributed by atoms with E-state index in [0.717, 1.165) is 18.4 Å². The molecule has 2 atom stereocenters. The number of carboxylic acids is 1. The number of rotatable bonds is 7. The lowest BCUT2D eigenvalue weighted by Crippen LogP contribution is -2.40. The lowest BCUT2D eigenvalue weighted by molar-refractivity contribution is -0.143. The van der Waals surface area contributed by atoms with Crippen LogP contribution in [0.4, 0.5) is 0 Å². The first-order valence-corrected chi connectivity index (χ1v) is 7.61. The van der Waals surface area contributed by atoms with Crippen LogP contribution >= 0.6 is 0 Å². The van der Waals surface area contributed by atoms with Gasteiger partial charge in [-0.1, -0.05) is 19.1 Å². The molecule has 0 aromatic heterocycles. The van der Waals surface area contributed by atoms with Gasteiger partial charge in [0.25, 0.3) is 0 Å². The maximum atomic E-state index is 12.8. The fraction of sp³-hybridized carbons (Fsp3) is 0.529. The van der Waals surface area contributed by atoms with Crippen LogP contribution in [0.3, 0.4) is 0 Å². The van der Waals surface area contributed by atoms with Crippen molar-refractivity contribution in [1.29, 1.82) is 0 Å². The molecule has 120 valence electrons. The van der Waals surface area contributed by atoms with Crippen molar-refractivity contribution >= 4 is 11.9 Å². The van der Waals surface area contributed by atoms with Crippen LogP contribution in [0, 0.1) is 5.92 Å². The second kappa shape index (κ2) is 6.81. The highest BCUT2D eigenvalue weighted by atomic mass is 16.5. The Kier molecular flexibility index (Phi) is 5.06.